The Morgan fingerprint density at radius 1 is 1.19 bits per heavy atom. The Balaban J connectivity index is 2.36. The first kappa shape index (κ1) is 17.5. The Morgan fingerprint density at radius 3 is 2.43 bits per heavy atom. The van der Waals surface area contributed by atoms with Gasteiger partial charge in [0.2, 0.25) is 5.91 Å². The molecule has 0 heterocycles. The van der Waals surface area contributed by atoms with E-state index < -0.39 is 23.3 Å². The molecule has 6 heteroatoms. The van der Waals surface area contributed by atoms with E-state index in [-0.39, 0.29) is 18.9 Å². The summed E-state index contributed by atoms with van der Waals surface area (Å²) in [7, 11) is 0. The van der Waals surface area contributed by atoms with Gasteiger partial charge in [-0.15, -0.1) is 0 Å². The average molecular weight is 298 g/mol. The first-order valence-electron chi connectivity index (χ1n) is 7.50. The lowest BCUT2D eigenvalue weighted by Gasteiger charge is -2.27. The van der Waals surface area contributed by atoms with E-state index in [2.05, 4.69) is 17.6 Å². The second-order valence-corrected chi connectivity index (χ2v) is 6.90. The van der Waals surface area contributed by atoms with Crippen molar-refractivity contribution in [1.82, 2.24) is 10.6 Å². The molecule has 21 heavy (non-hydrogen) atoms. The van der Waals surface area contributed by atoms with Crippen molar-refractivity contribution < 1.29 is 19.5 Å². The lowest BCUT2D eigenvalue weighted by molar-refractivity contribution is -0.139. The monoisotopic (exact) mass is 298 g/mol. The molecule has 1 aliphatic rings. The fraction of sp³-hybridized carbons (Fsp3) is 0.800. The van der Waals surface area contributed by atoms with Gasteiger partial charge in [-0.2, -0.15) is 0 Å². The molecule has 120 valence electrons. The third kappa shape index (κ3) is 7.11. The van der Waals surface area contributed by atoms with Crippen LogP contribution in [0.3, 0.4) is 0 Å². The number of imide groups is 1. The lowest BCUT2D eigenvalue weighted by atomic mass is 9.85. The minimum Gasteiger partial charge on any atom is -0.481 e. The largest absolute Gasteiger partial charge is 0.481 e. The van der Waals surface area contributed by atoms with Crippen LogP contribution in [0.2, 0.25) is 0 Å². The molecule has 0 bridgehead atoms. The molecule has 0 spiro atoms. The highest BCUT2D eigenvalue weighted by molar-refractivity contribution is 5.94. The molecule has 2 atom stereocenters. The van der Waals surface area contributed by atoms with Gasteiger partial charge in [0.15, 0.2) is 0 Å². The van der Waals surface area contributed by atoms with E-state index in [1.807, 2.05) is 0 Å². The number of hydrogen-bond donors (Lipinski definition) is 3. The minimum atomic E-state index is -0.951. The number of aliphatic carboxylic acids is 1. The fourth-order valence-corrected chi connectivity index (χ4v) is 2.86. The molecule has 3 N–H and O–H groups in total. The molecule has 6 nitrogen and oxygen atoms in total. The van der Waals surface area contributed by atoms with Gasteiger partial charge in [0, 0.05) is 12.5 Å². The van der Waals surface area contributed by atoms with Gasteiger partial charge in [-0.1, -0.05) is 33.6 Å². The second-order valence-electron chi connectivity index (χ2n) is 6.90. The lowest BCUT2D eigenvalue weighted by Crippen LogP contribution is -2.46. The maximum absolute atomic E-state index is 11.8. The molecular weight excluding hydrogens is 272 g/mol. The zero-order valence-electron chi connectivity index (χ0n) is 13.1. The van der Waals surface area contributed by atoms with E-state index in [0.29, 0.717) is 5.92 Å². The molecule has 0 saturated heterocycles. The maximum atomic E-state index is 11.8. The van der Waals surface area contributed by atoms with Gasteiger partial charge in [-0.05, 0) is 24.2 Å². The van der Waals surface area contributed by atoms with Crippen LogP contribution in [0.15, 0.2) is 0 Å². The van der Waals surface area contributed by atoms with Gasteiger partial charge < -0.3 is 10.4 Å². The van der Waals surface area contributed by atoms with Crippen LogP contribution >= 0.6 is 0 Å². The van der Waals surface area contributed by atoms with Crippen LogP contribution < -0.4 is 10.6 Å². The van der Waals surface area contributed by atoms with Gasteiger partial charge >= 0.3 is 12.0 Å². The van der Waals surface area contributed by atoms with Crippen LogP contribution in [0.1, 0.15) is 59.3 Å². The Hall–Kier alpha value is -1.59. The first-order valence-corrected chi connectivity index (χ1v) is 7.50. The SMILES string of the molecule is CC1CCCC(NC(=O)NC(=O)CC(C)(C)CC(=O)O)C1. The molecule has 1 saturated carbocycles. The summed E-state index contributed by atoms with van der Waals surface area (Å²) in [6.07, 6.45) is 4.05. The van der Waals surface area contributed by atoms with Crippen molar-refractivity contribution in [1.29, 1.82) is 0 Å². The standard InChI is InChI=1S/C15H26N2O4/c1-10-5-4-6-11(7-10)16-14(21)17-12(18)8-15(2,3)9-13(19)20/h10-11H,4-9H2,1-3H3,(H,19,20)(H2,16,17,18,21). The van der Waals surface area contributed by atoms with Crippen LogP contribution in [-0.2, 0) is 9.59 Å². The quantitative estimate of drug-likeness (QED) is 0.725. The van der Waals surface area contributed by atoms with Crippen molar-refractivity contribution in [3.63, 3.8) is 0 Å². The molecule has 1 rings (SSSR count). The number of nitrogens with one attached hydrogen (secondary N) is 2. The summed E-state index contributed by atoms with van der Waals surface area (Å²) in [5.74, 6) is -0.801. The smallest absolute Gasteiger partial charge is 0.321 e. The molecule has 1 aliphatic carbocycles. The molecule has 0 aromatic rings. The van der Waals surface area contributed by atoms with Crippen molar-refractivity contribution in [3.8, 4) is 0 Å². The number of carbonyl (C=O) groups excluding carboxylic acids is 2. The topological polar surface area (TPSA) is 95.5 Å². The molecule has 0 aromatic heterocycles. The fourth-order valence-electron chi connectivity index (χ4n) is 2.86. The summed E-state index contributed by atoms with van der Waals surface area (Å²) in [4.78, 5) is 34.3. The summed E-state index contributed by atoms with van der Waals surface area (Å²) in [6, 6.07) is -0.362. The van der Waals surface area contributed by atoms with Crippen molar-refractivity contribution in [2.75, 3.05) is 0 Å². The van der Waals surface area contributed by atoms with E-state index in [0.717, 1.165) is 19.3 Å². The van der Waals surface area contributed by atoms with Crippen LogP contribution in [0.5, 0.6) is 0 Å². The molecule has 1 fully saturated rings. The van der Waals surface area contributed by atoms with Crippen molar-refractivity contribution in [2.45, 2.75) is 65.3 Å². The zero-order chi connectivity index (χ0) is 16.0. The maximum Gasteiger partial charge on any atom is 0.321 e. The van der Waals surface area contributed by atoms with Gasteiger partial charge in [0.25, 0.3) is 0 Å². The van der Waals surface area contributed by atoms with Gasteiger partial charge in [-0.25, -0.2) is 4.79 Å². The molecule has 0 aliphatic heterocycles. The Labute approximate surface area is 125 Å². The zero-order valence-corrected chi connectivity index (χ0v) is 13.1. The molecular formula is C15H26N2O4. The van der Waals surface area contributed by atoms with E-state index in [1.165, 1.54) is 6.42 Å². The highest BCUT2D eigenvalue weighted by atomic mass is 16.4. The van der Waals surface area contributed by atoms with E-state index in [9.17, 15) is 14.4 Å². The number of carbonyl (C=O) groups is 3. The number of hydrogen-bond acceptors (Lipinski definition) is 3. The summed E-state index contributed by atoms with van der Waals surface area (Å²) >= 11 is 0. The summed E-state index contributed by atoms with van der Waals surface area (Å²) in [5.41, 5.74) is -0.671. The van der Waals surface area contributed by atoms with Crippen molar-refractivity contribution >= 4 is 17.9 Å². The van der Waals surface area contributed by atoms with Crippen LogP contribution in [-0.4, -0.2) is 29.1 Å². The molecule has 0 aromatic carbocycles. The van der Waals surface area contributed by atoms with Crippen LogP contribution in [0.4, 0.5) is 4.79 Å². The van der Waals surface area contributed by atoms with Crippen molar-refractivity contribution in [2.24, 2.45) is 11.3 Å². The van der Waals surface area contributed by atoms with Crippen LogP contribution in [0.25, 0.3) is 0 Å². The predicted octanol–water partition coefficient (Wildman–Crippen LogP) is 2.28. The Bertz CT molecular complexity index is 406. The highest BCUT2D eigenvalue weighted by Gasteiger charge is 2.27. The third-order valence-corrected chi connectivity index (χ3v) is 3.79. The van der Waals surface area contributed by atoms with E-state index in [4.69, 9.17) is 5.11 Å². The number of amides is 3. The van der Waals surface area contributed by atoms with Crippen molar-refractivity contribution in [3.05, 3.63) is 0 Å². The van der Waals surface area contributed by atoms with E-state index in [1.54, 1.807) is 13.8 Å². The van der Waals surface area contributed by atoms with Crippen LogP contribution in [0, 0.1) is 11.3 Å². The van der Waals surface area contributed by atoms with E-state index >= 15 is 0 Å². The van der Waals surface area contributed by atoms with Gasteiger partial charge in [0.1, 0.15) is 0 Å². The number of carboxylic acid groups (broad SMARTS) is 1. The van der Waals surface area contributed by atoms with Gasteiger partial charge in [0.05, 0.1) is 6.42 Å². The van der Waals surface area contributed by atoms with Gasteiger partial charge in [-0.3, -0.25) is 14.9 Å². The minimum absolute atomic E-state index is 0.00773. The number of urea groups is 1. The second kappa shape index (κ2) is 7.43. The molecule has 0 radical (unpaired) electrons. The third-order valence-electron chi connectivity index (χ3n) is 3.79. The summed E-state index contributed by atoms with van der Waals surface area (Å²) in [6.45, 7) is 5.55. The first-order chi connectivity index (χ1) is 9.68. The normalized spacial score (nSPS) is 22.4. The Morgan fingerprint density at radius 2 is 1.86 bits per heavy atom. The number of rotatable bonds is 5. The molecule has 2 unspecified atom stereocenters. The number of carboxylic acids is 1. The average Bonchev–Trinajstić information content (AvgIpc) is 2.24. The Kier molecular flexibility index (Phi) is 6.18. The summed E-state index contributed by atoms with van der Waals surface area (Å²) < 4.78 is 0. The highest BCUT2D eigenvalue weighted by Crippen LogP contribution is 2.25. The molecule has 3 amide bonds. The predicted molar refractivity (Wildman–Crippen MR) is 78.7 cm³/mol. The summed E-state index contributed by atoms with van der Waals surface area (Å²) in [5, 5.41) is 13.9.